The molecular weight excluding hydrogens is 207 g/mol. The Balaban J connectivity index is 2.83. The molecule has 1 aromatic rings. The standard InChI is InChI=1S/C4H3N2.CH3.Sn/c1-2-4-6-5-3-1;;/h1-3H;1H3;. The summed E-state index contributed by atoms with van der Waals surface area (Å²) in [6.07, 6.45) is 1.71. The minimum absolute atomic E-state index is 0.317. The van der Waals surface area contributed by atoms with Crippen molar-refractivity contribution >= 4 is 24.9 Å². The molecule has 0 saturated heterocycles. The molecule has 8 heavy (non-hydrogen) atoms. The van der Waals surface area contributed by atoms with E-state index in [4.69, 9.17) is 0 Å². The zero-order valence-corrected chi connectivity index (χ0v) is 7.48. The molecule has 0 aromatic carbocycles. The molecule has 0 atom stereocenters. The van der Waals surface area contributed by atoms with Crippen molar-refractivity contribution in [3.63, 3.8) is 0 Å². The molecule has 0 fully saturated rings. The van der Waals surface area contributed by atoms with E-state index in [0.29, 0.717) is 0 Å². The van der Waals surface area contributed by atoms with Crippen molar-refractivity contribution in [2.75, 3.05) is 0 Å². The predicted molar refractivity (Wildman–Crippen MR) is 33.3 cm³/mol. The Morgan fingerprint density at radius 1 is 1.62 bits per heavy atom. The molecule has 0 aliphatic heterocycles. The Morgan fingerprint density at radius 2 is 2.50 bits per heavy atom. The molecule has 1 heterocycles. The van der Waals surface area contributed by atoms with E-state index >= 15 is 0 Å². The van der Waals surface area contributed by atoms with Crippen LogP contribution in [0.5, 0.6) is 0 Å². The molecule has 0 amide bonds. The fraction of sp³-hybridized carbons (Fsp3) is 0.200. The monoisotopic (exact) mass is 214 g/mol. The van der Waals surface area contributed by atoms with Crippen LogP contribution in [0.2, 0.25) is 4.94 Å². The number of nitrogens with zero attached hydrogens (tertiary/aromatic N) is 2. The Labute approximate surface area is 58.5 Å². The van der Waals surface area contributed by atoms with Crippen LogP contribution in [0.15, 0.2) is 18.3 Å². The van der Waals surface area contributed by atoms with Gasteiger partial charge >= 0.3 is 58.3 Å². The Bertz CT molecular complexity index is 152. The molecule has 3 heteroatoms. The van der Waals surface area contributed by atoms with E-state index in [1.165, 1.54) is 3.71 Å². The average Bonchev–Trinajstić information content (AvgIpc) is 1.90. The topological polar surface area (TPSA) is 25.8 Å². The zero-order chi connectivity index (χ0) is 5.82. The van der Waals surface area contributed by atoms with Gasteiger partial charge in [0.2, 0.25) is 0 Å². The molecule has 2 nitrogen and oxygen atoms in total. The summed E-state index contributed by atoms with van der Waals surface area (Å²) in [5, 5.41) is 7.67. The van der Waals surface area contributed by atoms with E-state index in [2.05, 4.69) is 15.1 Å². The van der Waals surface area contributed by atoms with Crippen molar-refractivity contribution in [2.45, 2.75) is 4.94 Å². The van der Waals surface area contributed by atoms with Gasteiger partial charge in [-0.1, -0.05) is 0 Å². The van der Waals surface area contributed by atoms with E-state index in [9.17, 15) is 0 Å². The molecule has 1 rings (SSSR count). The van der Waals surface area contributed by atoms with Gasteiger partial charge in [0, 0.05) is 0 Å². The van der Waals surface area contributed by atoms with Gasteiger partial charge in [0.15, 0.2) is 0 Å². The second-order valence-electron chi connectivity index (χ2n) is 1.36. The second kappa shape index (κ2) is 3.02. The summed E-state index contributed by atoms with van der Waals surface area (Å²) in [6, 6.07) is 3.98. The van der Waals surface area contributed by atoms with Crippen molar-refractivity contribution in [3.05, 3.63) is 18.3 Å². The van der Waals surface area contributed by atoms with Crippen molar-refractivity contribution in [3.8, 4) is 0 Å². The number of hydrogen-bond donors (Lipinski definition) is 0. The van der Waals surface area contributed by atoms with Gasteiger partial charge in [0.25, 0.3) is 0 Å². The maximum atomic E-state index is 3.92. The van der Waals surface area contributed by atoms with Crippen LogP contribution in [0.4, 0.5) is 0 Å². The van der Waals surface area contributed by atoms with Crippen LogP contribution in [0.1, 0.15) is 0 Å². The molecule has 0 bridgehead atoms. The van der Waals surface area contributed by atoms with Gasteiger partial charge in [0.1, 0.15) is 0 Å². The summed E-state index contributed by atoms with van der Waals surface area (Å²) in [5.74, 6) is 0. The Morgan fingerprint density at radius 3 is 2.88 bits per heavy atom. The molecule has 40 valence electrons. The molecule has 0 unspecified atom stereocenters. The van der Waals surface area contributed by atoms with E-state index in [1.807, 2.05) is 12.1 Å². The third-order valence-electron chi connectivity index (χ3n) is 0.828. The van der Waals surface area contributed by atoms with E-state index in [1.54, 1.807) is 6.20 Å². The molecule has 1 aromatic heterocycles. The van der Waals surface area contributed by atoms with Crippen LogP contribution in [-0.4, -0.2) is 31.3 Å². The third-order valence-corrected chi connectivity index (χ3v) is 3.05. The molecule has 0 aliphatic carbocycles. The predicted octanol–water partition coefficient (Wildman–Crippen LogP) is -0.146. The molecule has 2 radical (unpaired) electrons. The molecule has 0 spiro atoms. The summed E-state index contributed by atoms with van der Waals surface area (Å²) >= 11 is -0.317. The maximum absolute atomic E-state index is 3.92. The fourth-order valence-electron chi connectivity index (χ4n) is 0.435. The molecule has 0 aliphatic rings. The van der Waals surface area contributed by atoms with Crippen molar-refractivity contribution in [2.24, 2.45) is 0 Å². The summed E-state index contributed by atoms with van der Waals surface area (Å²) in [7, 11) is 0. The van der Waals surface area contributed by atoms with Gasteiger partial charge in [-0.25, -0.2) is 0 Å². The Kier molecular flexibility index (Phi) is 2.26. The first kappa shape index (κ1) is 6.01. The first-order valence-corrected chi connectivity index (χ1v) is 6.67. The first-order valence-electron chi connectivity index (χ1n) is 2.39. The van der Waals surface area contributed by atoms with E-state index in [-0.39, 0.29) is 21.1 Å². The van der Waals surface area contributed by atoms with Crippen molar-refractivity contribution in [1.29, 1.82) is 0 Å². The quantitative estimate of drug-likeness (QED) is 0.606. The number of rotatable bonds is 1. The van der Waals surface area contributed by atoms with Gasteiger partial charge in [-0.3, -0.25) is 0 Å². The fourth-order valence-corrected chi connectivity index (χ4v) is 1.64. The Hall–Kier alpha value is -0.121. The van der Waals surface area contributed by atoms with Gasteiger partial charge in [-0.15, -0.1) is 0 Å². The molecule has 0 saturated carbocycles. The molecule has 0 N–H and O–H groups in total. The van der Waals surface area contributed by atoms with Crippen LogP contribution >= 0.6 is 0 Å². The van der Waals surface area contributed by atoms with E-state index < -0.39 is 0 Å². The molecular formula is C5H6N2Sn. The number of hydrogen-bond acceptors (Lipinski definition) is 2. The number of aromatic nitrogens is 2. The first-order chi connectivity index (χ1) is 3.93. The second-order valence-corrected chi connectivity index (χ2v) is 4.25. The zero-order valence-electron chi connectivity index (χ0n) is 4.63. The summed E-state index contributed by atoms with van der Waals surface area (Å²) in [5.41, 5.74) is 0. The third kappa shape index (κ3) is 1.43. The SMILES string of the molecule is [CH3][Sn][c]1cccnn1. The average molecular weight is 213 g/mol. The van der Waals surface area contributed by atoms with Crippen LogP contribution in [0.25, 0.3) is 0 Å². The van der Waals surface area contributed by atoms with Gasteiger partial charge < -0.3 is 0 Å². The van der Waals surface area contributed by atoms with Crippen molar-refractivity contribution in [1.82, 2.24) is 10.2 Å². The minimum atomic E-state index is -0.317. The van der Waals surface area contributed by atoms with E-state index in [0.717, 1.165) is 0 Å². The van der Waals surface area contributed by atoms with Crippen LogP contribution in [0.3, 0.4) is 0 Å². The summed E-state index contributed by atoms with van der Waals surface area (Å²) in [4.78, 5) is 2.23. The van der Waals surface area contributed by atoms with Crippen LogP contribution < -0.4 is 3.71 Å². The van der Waals surface area contributed by atoms with Crippen molar-refractivity contribution < 1.29 is 0 Å². The summed E-state index contributed by atoms with van der Waals surface area (Å²) < 4.78 is 1.22. The van der Waals surface area contributed by atoms with Gasteiger partial charge in [-0.2, -0.15) is 0 Å². The summed E-state index contributed by atoms with van der Waals surface area (Å²) in [6.45, 7) is 0. The van der Waals surface area contributed by atoms with Gasteiger partial charge in [-0.05, 0) is 0 Å². The van der Waals surface area contributed by atoms with Crippen LogP contribution in [0, 0.1) is 0 Å². The van der Waals surface area contributed by atoms with Gasteiger partial charge in [0.05, 0.1) is 0 Å². The normalized spacial score (nSPS) is 9.12. The van der Waals surface area contributed by atoms with Crippen LogP contribution in [-0.2, 0) is 0 Å².